The third kappa shape index (κ3) is 16.3. The third-order valence-electron chi connectivity index (χ3n) is 5.22. The lowest BCUT2D eigenvalue weighted by molar-refractivity contribution is -0.147. The van der Waals surface area contributed by atoms with Crippen LogP contribution in [0.25, 0.3) is 0 Å². The van der Waals surface area contributed by atoms with E-state index >= 15 is 0 Å². The second kappa shape index (κ2) is 18.2. The Hall–Kier alpha value is -4.15. The fourth-order valence-corrected chi connectivity index (χ4v) is 3.32. The summed E-state index contributed by atoms with van der Waals surface area (Å²) in [4.78, 5) is 68.7. The van der Waals surface area contributed by atoms with Gasteiger partial charge in [-0.3, -0.25) is 29.2 Å². The number of amides is 3. The van der Waals surface area contributed by atoms with E-state index in [0.29, 0.717) is 6.42 Å². The highest BCUT2D eigenvalue weighted by Gasteiger charge is 2.31. The van der Waals surface area contributed by atoms with E-state index in [-0.39, 0.29) is 56.6 Å². The lowest BCUT2D eigenvalue weighted by Gasteiger charge is -2.26. The summed E-state index contributed by atoms with van der Waals surface area (Å²) >= 11 is 0. The van der Waals surface area contributed by atoms with Gasteiger partial charge in [0, 0.05) is 13.1 Å². The van der Waals surface area contributed by atoms with Crippen LogP contribution in [-0.2, 0) is 24.0 Å². The molecule has 0 rings (SSSR count). The summed E-state index contributed by atoms with van der Waals surface area (Å²) in [5.74, 6) is -5.54. The molecule has 0 aromatic carbocycles. The van der Waals surface area contributed by atoms with Crippen LogP contribution in [0.1, 0.15) is 52.4 Å². The number of carbonyl (C=O) groups is 5. The van der Waals surface area contributed by atoms with Crippen LogP contribution in [0.4, 0.5) is 0 Å². The molecular formula is C22H42N10O7. The van der Waals surface area contributed by atoms with Gasteiger partial charge < -0.3 is 54.8 Å². The summed E-state index contributed by atoms with van der Waals surface area (Å²) in [6.45, 7) is 4.03. The van der Waals surface area contributed by atoms with Crippen molar-refractivity contribution in [2.75, 3.05) is 13.1 Å². The summed E-state index contributed by atoms with van der Waals surface area (Å²) in [6, 6.07) is -5.02. The van der Waals surface area contributed by atoms with E-state index in [1.807, 2.05) is 13.8 Å². The number of hydrogen-bond donors (Lipinski definition) is 10. The van der Waals surface area contributed by atoms with Gasteiger partial charge in [0.25, 0.3) is 0 Å². The van der Waals surface area contributed by atoms with Crippen molar-refractivity contribution in [2.45, 2.75) is 76.5 Å². The molecule has 0 fully saturated rings. The number of nitrogens with zero attached hydrogens (tertiary/aromatic N) is 2. The number of nitrogens with one attached hydrogen (secondary N) is 3. The maximum absolute atomic E-state index is 13.2. The maximum Gasteiger partial charge on any atom is 0.326 e. The van der Waals surface area contributed by atoms with Gasteiger partial charge in [0.05, 0.1) is 12.5 Å². The molecule has 3 amide bonds. The quantitative estimate of drug-likeness (QED) is 0.0419. The lowest BCUT2D eigenvalue weighted by atomic mass is 10.0. The third-order valence-corrected chi connectivity index (χ3v) is 5.22. The molecule has 0 aliphatic rings. The van der Waals surface area contributed by atoms with Crippen LogP contribution in [-0.4, -0.2) is 89.0 Å². The first kappa shape index (κ1) is 34.9. The average molecular weight is 559 g/mol. The number of aliphatic carboxylic acids is 2. The minimum atomic E-state index is -1.73. The van der Waals surface area contributed by atoms with Crippen molar-refractivity contribution < 1.29 is 34.2 Å². The molecule has 17 nitrogen and oxygen atoms in total. The SMILES string of the molecule is CC(C)CC(NC(=O)C(N)CCCN=C(N)N)C(=O)NC(CCCN=C(N)N)C(=O)NC(CC(=O)O)C(=O)O. The van der Waals surface area contributed by atoms with Gasteiger partial charge in [-0.1, -0.05) is 13.8 Å². The maximum atomic E-state index is 13.2. The standard InChI is InChI=1S/C22H42N10O7/c1-11(2)9-14(31-17(35)12(23)5-3-7-28-21(24)25)19(37)30-13(6-4-8-29-22(26)27)18(36)32-15(20(38)39)10-16(33)34/h11-15H,3-10,23H2,1-2H3,(H,30,37)(H,31,35)(H,32,36)(H,33,34)(H,38,39)(H4,24,25,28)(H4,26,27,29). The number of guanidine groups is 2. The first-order chi connectivity index (χ1) is 18.1. The molecule has 222 valence electrons. The van der Waals surface area contributed by atoms with E-state index in [1.165, 1.54) is 0 Å². The molecule has 4 atom stereocenters. The van der Waals surface area contributed by atoms with Crippen molar-refractivity contribution in [3.8, 4) is 0 Å². The van der Waals surface area contributed by atoms with Crippen molar-refractivity contribution in [3.05, 3.63) is 0 Å². The van der Waals surface area contributed by atoms with Gasteiger partial charge in [0.15, 0.2) is 11.9 Å². The molecule has 0 spiro atoms. The second-order valence-corrected chi connectivity index (χ2v) is 9.25. The van der Waals surface area contributed by atoms with Crippen LogP contribution in [0.2, 0.25) is 0 Å². The van der Waals surface area contributed by atoms with Crippen molar-refractivity contribution in [1.29, 1.82) is 0 Å². The Morgan fingerprint density at radius 1 is 0.718 bits per heavy atom. The zero-order chi connectivity index (χ0) is 30.1. The molecule has 0 aliphatic heterocycles. The number of aliphatic imine (C=N–C) groups is 2. The van der Waals surface area contributed by atoms with Gasteiger partial charge in [0.1, 0.15) is 18.1 Å². The fraction of sp³-hybridized carbons (Fsp3) is 0.682. The van der Waals surface area contributed by atoms with Crippen LogP contribution in [0.5, 0.6) is 0 Å². The second-order valence-electron chi connectivity index (χ2n) is 9.25. The summed E-state index contributed by atoms with van der Waals surface area (Å²) in [7, 11) is 0. The van der Waals surface area contributed by atoms with Gasteiger partial charge in [0.2, 0.25) is 17.7 Å². The highest BCUT2D eigenvalue weighted by Crippen LogP contribution is 2.09. The molecule has 0 bridgehead atoms. The van der Waals surface area contributed by atoms with Gasteiger partial charge in [-0.2, -0.15) is 0 Å². The van der Waals surface area contributed by atoms with E-state index in [2.05, 4.69) is 25.9 Å². The molecule has 0 aromatic rings. The molecule has 4 unspecified atom stereocenters. The summed E-state index contributed by atoms with van der Waals surface area (Å²) < 4.78 is 0. The number of hydrogen-bond acceptors (Lipinski definition) is 8. The van der Waals surface area contributed by atoms with Gasteiger partial charge in [-0.25, -0.2) is 4.79 Å². The van der Waals surface area contributed by atoms with Crippen molar-refractivity contribution in [1.82, 2.24) is 16.0 Å². The van der Waals surface area contributed by atoms with E-state index in [0.717, 1.165) is 0 Å². The molecule has 0 aromatic heterocycles. The fourth-order valence-electron chi connectivity index (χ4n) is 3.32. The largest absolute Gasteiger partial charge is 0.481 e. The van der Waals surface area contributed by atoms with Gasteiger partial charge in [-0.05, 0) is 38.0 Å². The summed E-state index contributed by atoms with van der Waals surface area (Å²) in [5, 5.41) is 25.4. The van der Waals surface area contributed by atoms with Gasteiger partial charge in [-0.15, -0.1) is 0 Å². The molecule has 17 heteroatoms. The zero-order valence-corrected chi connectivity index (χ0v) is 22.3. The molecule has 15 N–H and O–H groups in total. The minimum absolute atomic E-state index is 0.0135. The molecular weight excluding hydrogens is 516 g/mol. The Kier molecular flexibility index (Phi) is 16.2. The topological polar surface area (TPSA) is 317 Å². The zero-order valence-electron chi connectivity index (χ0n) is 22.3. The van der Waals surface area contributed by atoms with Crippen LogP contribution < -0.4 is 44.6 Å². The summed E-state index contributed by atoms with van der Waals surface area (Å²) in [5.41, 5.74) is 27.0. The molecule has 0 aliphatic carbocycles. The number of carboxylic acids is 2. The number of carbonyl (C=O) groups excluding carboxylic acids is 3. The normalized spacial score (nSPS) is 13.7. The Balaban J connectivity index is 5.58. The Bertz CT molecular complexity index is 902. The Morgan fingerprint density at radius 3 is 1.64 bits per heavy atom. The van der Waals surface area contributed by atoms with Crippen molar-refractivity contribution in [3.63, 3.8) is 0 Å². The molecule has 39 heavy (non-hydrogen) atoms. The minimum Gasteiger partial charge on any atom is -0.481 e. The number of rotatable bonds is 19. The van der Waals surface area contributed by atoms with Crippen molar-refractivity contribution in [2.24, 2.45) is 44.6 Å². The van der Waals surface area contributed by atoms with E-state index in [9.17, 15) is 29.1 Å². The Labute approximate surface area is 226 Å². The predicted octanol–water partition coefficient (Wildman–Crippen LogP) is -3.52. The summed E-state index contributed by atoms with van der Waals surface area (Å²) in [6.07, 6.45) is 0.205. The van der Waals surface area contributed by atoms with Crippen molar-refractivity contribution >= 4 is 41.6 Å². The van der Waals surface area contributed by atoms with E-state index < -0.39 is 60.2 Å². The first-order valence-electron chi connectivity index (χ1n) is 12.4. The molecule has 0 saturated heterocycles. The average Bonchev–Trinajstić information content (AvgIpc) is 2.81. The first-order valence-corrected chi connectivity index (χ1v) is 12.4. The van der Waals surface area contributed by atoms with Crippen LogP contribution in [0, 0.1) is 5.92 Å². The Morgan fingerprint density at radius 2 is 1.18 bits per heavy atom. The lowest BCUT2D eigenvalue weighted by Crippen LogP contribution is -2.57. The highest BCUT2D eigenvalue weighted by molar-refractivity contribution is 5.94. The molecule has 0 radical (unpaired) electrons. The van der Waals surface area contributed by atoms with Crippen LogP contribution in [0.3, 0.4) is 0 Å². The van der Waals surface area contributed by atoms with Crippen LogP contribution in [0.15, 0.2) is 9.98 Å². The van der Waals surface area contributed by atoms with E-state index in [4.69, 9.17) is 33.8 Å². The van der Waals surface area contributed by atoms with Crippen LogP contribution >= 0.6 is 0 Å². The molecule has 0 saturated carbocycles. The monoisotopic (exact) mass is 558 g/mol. The highest BCUT2D eigenvalue weighted by atomic mass is 16.4. The molecule has 0 heterocycles. The smallest absolute Gasteiger partial charge is 0.326 e. The van der Waals surface area contributed by atoms with E-state index in [1.54, 1.807) is 0 Å². The van der Waals surface area contributed by atoms with Gasteiger partial charge >= 0.3 is 11.9 Å². The number of nitrogens with two attached hydrogens (primary N) is 5. The number of carboxylic acid groups (broad SMARTS) is 2. The predicted molar refractivity (Wildman–Crippen MR) is 143 cm³/mol.